The van der Waals surface area contributed by atoms with E-state index in [1.54, 1.807) is 0 Å². The standard InChI is InChI=1S/C12H24N2/c1-9(2)6-13-7-12-5-11(13)8-14(12)10(3)4/h9-12H,5-8H2,1-4H3. The van der Waals surface area contributed by atoms with Crippen molar-refractivity contribution in [3.63, 3.8) is 0 Å². The summed E-state index contributed by atoms with van der Waals surface area (Å²) in [4.78, 5) is 5.38. The van der Waals surface area contributed by atoms with Gasteiger partial charge in [0.15, 0.2) is 0 Å². The maximum absolute atomic E-state index is 2.70. The molecule has 2 fully saturated rings. The molecule has 2 atom stereocenters. The van der Waals surface area contributed by atoms with E-state index < -0.39 is 0 Å². The van der Waals surface area contributed by atoms with Crippen LogP contribution in [0.2, 0.25) is 0 Å². The van der Waals surface area contributed by atoms with Gasteiger partial charge in [0.1, 0.15) is 0 Å². The molecular formula is C12H24N2. The van der Waals surface area contributed by atoms with E-state index in [4.69, 9.17) is 0 Å². The van der Waals surface area contributed by atoms with Gasteiger partial charge in [-0.3, -0.25) is 9.80 Å². The van der Waals surface area contributed by atoms with Gasteiger partial charge in [0.2, 0.25) is 0 Å². The monoisotopic (exact) mass is 196 g/mol. The number of piperazine rings is 1. The minimum Gasteiger partial charge on any atom is -0.297 e. The van der Waals surface area contributed by atoms with Crippen LogP contribution in [0.5, 0.6) is 0 Å². The maximum atomic E-state index is 2.70. The molecule has 2 heterocycles. The zero-order valence-electron chi connectivity index (χ0n) is 10.0. The Morgan fingerprint density at radius 1 is 1.07 bits per heavy atom. The molecule has 2 unspecified atom stereocenters. The van der Waals surface area contributed by atoms with Gasteiger partial charge in [-0.15, -0.1) is 0 Å². The van der Waals surface area contributed by atoms with E-state index >= 15 is 0 Å². The normalized spacial score (nSPS) is 33.9. The van der Waals surface area contributed by atoms with E-state index in [-0.39, 0.29) is 0 Å². The predicted octanol–water partition coefficient (Wildman–Crippen LogP) is 1.81. The lowest BCUT2D eigenvalue weighted by Crippen LogP contribution is -2.49. The minimum atomic E-state index is 0.742. The van der Waals surface area contributed by atoms with E-state index in [0.29, 0.717) is 0 Å². The fraction of sp³-hybridized carbons (Fsp3) is 1.00. The fourth-order valence-electron chi connectivity index (χ4n) is 3.11. The summed E-state index contributed by atoms with van der Waals surface area (Å²) in [6.45, 7) is 13.2. The average Bonchev–Trinajstić information content (AvgIpc) is 2.60. The molecule has 2 bridgehead atoms. The minimum absolute atomic E-state index is 0.742. The van der Waals surface area contributed by atoms with Gasteiger partial charge in [-0.25, -0.2) is 0 Å². The van der Waals surface area contributed by atoms with E-state index in [1.165, 1.54) is 26.1 Å². The lowest BCUT2D eigenvalue weighted by Gasteiger charge is -2.37. The smallest absolute Gasteiger partial charge is 0.0242 e. The van der Waals surface area contributed by atoms with Crippen LogP contribution in [-0.2, 0) is 0 Å². The Kier molecular flexibility index (Phi) is 2.85. The summed E-state index contributed by atoms with van der Waals surface area (Å²) in [7, 11) is 0. The quantitative estimate of drug-likeness (QED) is 0.679. The van der Waals surface area contributed by atoms with E-state index in [1.807, 2.05) is 0 Å². The van der Waals surface area contributed by atoms with Crippen molar-refractivity contribution in [2.24, 2.45) is 5.92 Å². The molecule has 2 aliphatic rings. The molecule has 2 heteroatoms. The summed E-state index contributed by atoms with van der Waals surface area (Å²) in [5, 5.41) is 0. The second kappa shape index (κ2) is 3.82. The van der Waals surface area contributed by atoms with Crippen LogP contribution in [0.15, 0.2) is 0 Å². The van der Waals surface area contributed by atoms with E-state index in [2.05, 4.69) is 37.5 Å². The second-order valence-corrected chi connectivity index (χ2v) is 5.68. The first-order chi connectivity index (χ1) is 6.58. The van der Waals surface area contributed by atoms with Gasteiger partial charge in [-0.05, 0) is 26.2 Å². The first kappa shape index (κ1) is 10.4. The highest BCUT2D eigenvalue weighted by molar-refractivity contribution is 5.00. The molecule has 0 radical (unpaired) electrons. The molecule has 2 rings (SSSR count). The number of hydrogen-bond acceptors (Lipinski definition) is 2. The van der Waals surface area contributed by atoms with Crippen molar-refractivity contribution in [3.8, 4) is 0 Å². The summed E-state index contributed by atoms with van der Waals surface area (Å²) >= 11 is 0. The third-order valence-electron chi connectivity index (χ3n) is 3.66. The molecule has 0 spiro atoms. The summed E-state index contributed by atoms with van der Waals surface area (Å²) in [6.07, 6.45) is 1.42. The van der Waals surface area contributed by atoms with Crippen LogP contribution in [0.3, 0.4) is 0 Å². The average molecular weight is 196 g/mol. The lowest BCUT2D eigenvalue weighted by molar-refractivity contribution is 0.0966. The van der Waals surface area contributed by atoms with Crippen molar-refractivity contribution in [2.75, 3.05) is 19.6 Å². The SMILES string of the molecule is CC(C)CN1CC2CC1CN2C(C)C. The Bertz CT molecular complexity index is 200. The predicted molar refractivity (Wildman–Crippen MR) is 60.4 cm³/mol. The van der Waals surface area contributed by atoms with Crippen LogP contribution in [0.1, 0.15) is 34.1 Å². The number of rotatable bonds is 3. The van der Waals surface area contributed by atoms with Gasteiger partial charge in [0, 0.05) is 37.8 Å². The Morgan fingerprint density at radius 2 is 1.79 bits per heavy atom. The largest absolute Gasteiger partial charge is 0.297 e. The summed E-state index contributed by atoms with van der Waals surface area (Å²) in [6, 6.07) is 2.47. The molecule has 0 aromatic carbocycles. The topological polar surface area (TPSA) is 6.48 Å². The Labute approximate surface area is 88.3 Å². The summed E-state index contributed by atoms with van der Waals surface area (Å²) < 4.78 is 0. The van der Waals surface area contributed by atoms with Gasteiger partial charge in [0.25, 0.3) is 0 Å². The fourth-order valence-corrected chi connectivity index (χ4v) is 3.11. The van der Waals surface area contributed by atoms with Gasteiger partial charge in [-0.2, -0.15) is 0 Å². The van der Waals surface area contributed by atoms with Crippen LogP contribution in [0.4, 0.5) is 0 Å². The van der Waals surface area contributed by atoms with Crippen LogP contribution in [-0.4, -0.2) is 47.6 Å². The van der Waals surface area contributed by atoms with E-state index in [9.17, 15) is 0 Å². The Morgan fingerprint density at radius 3 is 2.21 bits per heavy atom. The van der Waals surface area contributed by atoms with Crippen LogP contribution in [0, 0.1) is 5.92 Å². The number of nitrogens with zero attached hydrogens (tertiary/aromatic N) is 2. The Hall–Kier alpha value is -0.0800. The molecule has 2 saturated heterocycles. The first-order valence-corrected chi connectivity index (χ1v) is 6.07. The number of hydrogen-bond donors (Lipinski definition) is 0. The third kappa shape index (κ3) is 1.82. The van der Waals surface area contributed by atoms with E-state index in [0.717, 1.165) is 24.0 Å². The van der Waals surface area contributed by atoms with Crippen LogP contribution in [0.25, 0.3) is 0 Å². The third-order valence-corrected chi connectivity index (χ3v) is 3.66. The number of likely N-dealkylation sites (tertiary alicyclic amines) is 2. The molecule has 0 saturated carbocycles. The van der Waals surface area contributed by atoms with Crippen molar-refractivity contribution >= 4 is 0 Å². The molecule has 0 aromatic heterocycles. The summed E-state index contributed by atoms with van der Waals surface area (Å²) in [5.74, 6) is 0.821. The molecule has 2 nitrogen and oxygen atoms in total. The van der Waals surface area contributed by atoms with Crippen molar-refractivity contribution < 1.29 is 0 Å². The molecule has 0 amide bonds. The van der Waals surface area contributed by atoms with Crippen LogP contribution >= 0.6 is 0 Å². The zero-order chi connectivity index (χ0) is 10.3. The first-order valence-electron chi connectivity index (χ1n) is 6.07. The molecule has 82 valence electrons. The molecule has 0 aliphatic carbocycles. The molecule has 0 aromatic rings. The zero-order valence-corrected chi connectivity index (χ0v) is 10.0. The van der Waals surface area contributed by atoms with Crippen molar-refractivity contribution in [2.45, 2.75) is 52.2 Å². The molecular weight excluding hydrogens is 172 g/mol. The lowest BCUT2D eigenvalue weighted by atomic mass is 10.2. The van der Waals surface area contributed by atoms with Crippen molar-refractivity contribution in [1.29, 1.82) is 0 Å². The van der Waals surface area contributed by atoms with Gasteiger partial charge >= 0.3 is 0 Å². The summed E-state index contributed by atoms with van der Waals surface area (Å²) in [5.41, 5.74) is 0. The molecule has 2 aliphatic heterocycles. The Balaban J connectivity index is 1.90. The second-order valence-electron chi connectivity index (χ2n) is 5.68. The molecule has 0 N–H and O–H groups in total. The van der Waals surface area contributed by atoms with Gasteiger partial charge < -0.3 is 0 Å². The maximum Gasteiger partial charge on any atom is 0.0242 e. The highest BCUT2D eigenvalue weighted by Gasteiger charge is 2.43. The van der Waals surface area contributed by atoms with Gasteiger partial charge in [-0.1, -0.05) is 13.8 Å². The number of fused-ring (bicyclic) bond motifs is 2. The van der Waals surface area contributed by atoms with Gasteiger partial charge in [0.05, 0.1) is 0 Å². The molecule has 14 heavy (non-hydrogen) atoms. The van der Waals surface area contributed by atoms with Crippen molar-refractivity contribution in [3.05, 3.63) is 0 Å². The highest BCUT2D eigenvalue weighted by Crippen LogP contribution is 2.32. The van der Waals surface area contributed by atoms with Crippen LogP contribution < -0.4 is 0 Å². The highest BCUT2D eigenvalue weighted by atomic mass is 15.4. The van der Waals surface area contributed by atoms with Crippen molar-refractivity contribution in [1.82, 2.24) is 9.80 Å².